The van der Waals surface area contributed by atoms with Crippen LogP contribution in [0.4, 0.5) is 5.69 Å². The third kappa shape index (κ3) is 3.26. The fourth-order valence-corrected chi connectivity index (χ4v) is 3.13. The molecule has 0 fully saturated rings. The minimum atomic E-state index is -0.343. The molecule has 0 saturated heterocycles. The molecule has 3 aromatic carbocycles. The summed E-state index contributed by atoms with van der Waals surface area (Å²) in [5.41, 5.74) is 2.20. The van der Waals surface area contributed by atoms with Gasteiger partial charge in [0.15, 0.2) is 0 Å². The van der Waals surface area contributed by atoms with Gasteiger partial charge in [-0.1, -0.05) is 36.4 Å². The molecule has 26 heavy (non-hydrogen) atoms. The van der Waals surface area contributed by atoms with Gasteiger partial charge in [0.2, 0.25) is 0 Å². The summed E-state index contributed by atoms with van der Waals surface area (Å²) in [6.07, 6.45) is 0. The van der Waals surface area contributed by atoms with Crippen LogP contribution in [0, 0.1) is 6.92 Å². The molecule has 1 heterocycles. The van der Waals surface area contributed by atoms with E-state index >= 15 is 0 Å². The highest BCUT2D eigenvalue weighted by Crippen LogP contribution is 2.24. The van der Waals surface area contributed by atoms with Crippen LogP contribution >= 0.6 is 0 Å². The molecule has 4 heteroatoms. The van der Waals surface area contributed by atoms with Crippen LogP contribution in [0.25, 0.3) is 21.7 Å². The van der Waals surface area contributed by atoms with Gasteiger partial charge in [-0.15, -0.1) is 0 Å². The number of fused-ring (bicyclic) bond motifs is 2. The highest BCUT2D eigenvalue weighted by atomic mass is 16.5. The Balaban J connectivity index is 1.43. The van der Waals surface area contributed by atoms with Gasteiger partial charge in [-0.05, 0) is 36.1 Å². The molecule has 0 unspecified atom stereocenters. The Kier molecular flexibility index (Phi) is 4.32. The summed E-state index contributed by atoms with van der Waals surface area (Å²) in [6, 6.07) is 21.6. The molecule has 0 spiro atoms. The second kappa shape index (κ2) is 6.92. The van der Waals surface area contributed by atoms with Gasteiger partial charge in [0.05, 0.1) is 0 Å². The van der Waals surface area contributed by atoms with Crippen LogP contribution in [0.5, 0.6) is 5.75 Å². The Labute approximate surface area is 151 Å². The maximum Gasteiger partial charge on any atom is 0.336 e. The largest absolute Gasteiger partial charge is 0.492 e. The van der Waals surface area contributed by atoms with E-state index in [0.29, 0.717) is 24.5 Å². The topological polar surface area (TPSA) is 51.5 Å². The highest BCUT2D eigenvalue weighted by molar-refractivity contribution is 5.93. The van der Waals surface area contributed by atoms with E-state index in [0.717, 1.165) is 16.6 Å². The lowest BCUT2D eigenvalue weighted by molar-refractivity contribution is 0.333. The van der Waals surface area contributed by atoms with Gasteiger partial charge in [0.1, 0.15) is 17.9 Å². The Morgan fingerprint density at radius 2 is 1.81 bits per heavy atom. The summed E-state index contributed by atoms with van der Waals surface area (Å²) in [5.74, 6) is 0.686. The minimum absolute atomic E-state index is 0.343. The van der Waals surface area contributed by atoms with Gasteiger partial charge in [0, 0.05) is 35.1 Å². The van der Waals surface area contributed by atoms with E-state index in [1.807, 2.05) is 37.3 Å². The Morgan fingerprint density at radius 1 is 0.962 bits per heavy atom. The number of aryl methyl sites for hydroxylation is 1. The lowest BCUT2D eigenvalue weighted by Gasteiger charge is -2.11. The molecule has 0 radical (unpaired) electrons. The molecule has 0 aliphatic rings. The van der Waals surface area contributed by atoms with Gasteiger partial charge in [-0.25, -0.2) is 4.79 Å². The number of hydrogen-bond acceptors (Lipinski definition) is 4. The van der Waals surface area contributed by atoms with Crippen molar-refractivity contribution in [1.82, 2.24) is 0 Å². The number of rotatable bonds is 5. The Morgan fingerprint density at radius 3 is 2.73 bits per heavy atom. The van der Waals surface area contributed by atoms with E-state index in [1.165, 1.54) is 16.8 Å². The molecule has 0 bridgehead atoms. The number of anilines is 1. The van der Waals surface area contributed by atoms with Gasteiger partial charge in [-0.3, -0.25) is 0 Å². The second-order valence-electron chi connectivity index (χ2n) is 6.21. The molecular weight excluding hydrogens is 326 g/mol. The first kappa shape index (κ1) is 16.2. The van der Waals surface area contributed by atoms with Crippen molar-refractivity contribution in [1.29, 1.82) is 0 Å². The van der Waals surface area contributed by atoms with E-state index < -0.39 is 0 Å². The van der Waals surface area contributed by atoms with Crippen molar-refractivity contribution in [2.24, 2.45) is 0 Å². The smallest absolute Gasteiger partial charge is 0.336 e. The molecule has 0 atom stereocenters. The van der Waals surface area contributed by atoms with Gasteiger partial charge < -0.3 is 14.5 Å². The molecule has 4 rings (SSSR count). The van der Waals surface area contributed by atoms with Crippen LogP contribution in [0.2, 0.25) is 0 Å². The van der Waals surface area contributed by atoms with Crippen LogP contribution in [0.15, 0.2) is 75.9 Å². The molecular formula is C22H19NO3. The zero-order chi connectivity index (χ0) is 17.9. The standard InChI is InChI=1S/C22H19NO3/c1-15-13-22(24)26-21-14-17(9-10-18(15)21)25-12-11-23-20-8-4-6-16-5-2-3-7-19(16)20/h2-10,13-14,23H,11-12H2,1H3. The van der Waals surface area contributed by atoms with Crippen molar-refractivity contribution in [3.8, 4) is 5.75 Å². The van der Waals surface area contributed by atoms with Crippen LogP contribution < -0.4 is 15.7 Å². The lowest BCUT2D eigenvalue weighted by atomic mass is 10.1. The normalized spacial score (nSPS) is 11.0. The van der Waals surface area contributed by atoms with Crippen molar-refractivity contribution in [3.05, 3.63) is 82.7 Å². The molecule has 1 N–H and O–H groups in total. The third-order valence-corrected chi connectivity index (χ3v) is 4.40. The highest BCUT2D eigenvalue weighted by Gasteiger charge is 2.04. The molecule has 0 aliphatic carbocycles. The zero-order valence-electron chi connectivity index (χ0n) is 14.5. The van der Waals surface area contributed by atoms with Gasteiger partial charge in [-0.2, -0.15) is 0 Å². The molecule has 0 amide bonds. The van der Waals surface area contributed by atoms with E-state index in [1.54, 1.807) is 6.07 Å². The van der Waals surface area contributed by atoms with Crippen LogP contribution in [0.3, 0.4) is 0 Å². The molecule has 0 saturated carbocycles. The number of hydrogen-bond donors (Lipinski definition) is 1. The fraction of sp³-hybridized carbons (Fsp3) is 0.136. The van der Waals surface area contributed by atoms with E-state index in [9.17, 15) is 4.79 Å². The number of benzene rings is 3. The first-order chi connectivity index (χ1) is 12.7. The lowest BCUT2D eigenvalue weighted by Crippen LogP contribution is -2.11. The van der Waals surface area contributed by atoms with Crippen LogP contribution in [0.1, 0.15) is 5.56 Å². The number of nitrogens with one attached hydrogen (secondary N) is 1. The minimum Gasteiger partial charge on any atom is -0.492 e. The average molecular weight is 345 g/mol. The predicted molar refractivity (Wildman–Crippen MR) is 105 cm³/mol. The zero-order valence-corrected chi connectivity index (χ0v) is 14.5. The Bertz CT molecular complexity index is 1130. The Hall–Kier alpha value is -3.27. The molecule has 130 valence electrons. The summed E-state index contributed by atoms with van der Waals surface area (Å²) < 4.78 is 11.1. The average Bonchev–Trinajstić information content (AvgIpc) is 2.65. The monoisotopic (exact) mass is 345 g/mol. The molecule has 1 aromatic heterocycles. The summed E-state index contributed by atoms with van der Waals surface area (Å²) >= 11 is 0. The maximum absolute atomic E-state index is 11.5. The first-order valence-corrected chi connectivity index (χ1v) is 8.60. The van der Waals surface area contributed by atoms with E-state index in [-0.39, 0.29) is 5.63 Å². The maximum atomic E-state index is 11.5. The van der Waals surface area contributed by atoms with Crippen molar-refractivity contribution in [3.63, 3.8) is 0 Å². The first-order valence-electron chi connectivity index (χ1n) is 8.60. The van der Waals surface area contributed by atoms with Gasteiger partial charge in [0.25, 0.3) is 0 Å². The summed E-state index contributed by atoms with van der Waals surface area (Å²) in [6.45, 7) is 3.07. The van der Waals surface area contributed by atoms with Crippen molar-refractivity contribution < 1.29 is 9.15 Å². The van der Waals surface area contributed by atoms with E-state index in [2.05, 4.69) is 29.6 Å². The quantitative estimate of drug-likeness (QED) is 0.419. The van der Waals surface area contributed by atoms with Crippen molar-refractivity contribution in [2.75, 3.05) is 18.5 Å². The SMILES string of the molecule is Cc1cc(=O)oc2cc(OCCNc3cccc4ccccc34)ccc12. The predicted octanol–water partition coefficient (Wildman–Crippen LogP) is 4.75. The van der Waals surface area contributed by atoms with Crippen molar-refractivity contribution in [2.45, 2.75) is 6.92 Å². The number of ether oxygens (including phenoxy) is 1. The molecule has 4 aromatic rings. The van der Waals surface area contributed by atoms with Crippen LogP contribution in [-0.2, 0) is 0 Å². The van der Waals surface area contributed by atoms with Crippen LogP contribution in [-0.4, -0.2) is 13.2 Å². The molecule has 4 nitrogen and oxygen atoms in total. The summed E-state index contributed by atoms with van der Waals surface area (Å²) in [4.78, 5) is 11.5. The fourth-order valence-electron chi connectivity index (χ4n) is 3.13. The third-order valence-electron chi connectivity index (χ3n) is 4.40. The van der Waals surface area contributed by atoms with Gasteiger partial charge >= 0.3 is 5.63 Å². The summed E-state index contributed by atoms with van der Waals surface area (Å²) in [7, 11) is 0. The molecule has 0 aliphatic heterocycles. The van der Waals surface area contributed by atoms with E-state index in [4.69, 9.17) is 9.15 Å². The summed E-state index contributed by atoms with van der Waals surface area (Å²) in [5, 5.41) is 6.74. The second-order valence-corrected chi connectivity index (χ2v) is 6.21. The van der Waals surface area contributed by atoms with Crippen molar-refractivity contribution >= 4 is 27.4 Å².